The zero-order chi connectivity index (χ0) is 19.5. The van der Waals surface area contributed by atoms with Gasteiger partial charge in [-0.2, -0.15) is 0 Å². The molecule has 3 aromatic rings. The normalized spacial score (nSPS) is 14.7. The molecule has 0 unspecified atom stereocenters. The van der Waals surface area contributed by atoms with Crippen LogP contribution >= 0.6 is 11.3 Å². The number of nitrogens with one attached hydrogen (secondary N) is 1. The summed E-state index contributed by atoms with van der Waals surface area (Å²) in [6.45, 7) is 3.11. The molecule has 3 heterocycles. The summed E-state index contributed by atoms with van der Waals surface area (Å²) >= 11 is 1.50. The summed E-state index contributed by atoms with van der Waals surface area (Å²) in [4.78, 5) is 37.8. The average molecular weight is 398 g/mol. The quantitative estimate of drug-likeness (QED) is 0.711. The van der Waals surface area contributed by atoms with E-state index in [1.807, 2.05) is 53.2 Å². The van der Waals surface area contributed by atoms with Gasteiger partial charge in [0.05, 0.1) is 31.7 Å². The van der Waals surface area contributed by atoms with Crippen molar-refractivity contribution in [1.82, 2.24) is 19.8 Å². The van der Waals surface area contributed by atoms with Crippen molar-refractivity contribution in [3.63, 3.8) is 0 Å². The van der Waals surface area contributed by atoms with Crippen molar-refractivity contribution in [3.05, 3.63) is 52.6 Å². The first kappa shape index (κ1) is 18.8. The van der Waals surface area contributed by atoms with Crippen LogP contribution in [0.2, 0.25) is 0 Å². The molecule has 7 nitrogen and oxygen atoms in total. The number of carbonyl (C=O) groups is 1. The molecule has 1 saturated heterocycles. The molecule has 4 rings (SSSR count). The minimum atomic E-state index is -0.147. The Bertz CT molecular complexity index is 1020. The van der Waals surface area contributed by atoms with Gasteiger partial charge in [-0.3, -0.25) is 14.5 Å². The highest BCUT2D eigenvalue weighted by Crippen LogP contribution is 2.30. The molecule has 1 aromatic carbocycles. The molecule has 8 heteroatoms. The minimum absolute atomic E-state index is 0.0664. The van der Waals surface area contributed by atoms with E-state index in [2.05, 4.69) is 9.97 Å². The fourth-order valence-electron chi connectivity index (χ4n) is 3.25. The minimum Gasteiger partial charge on any atom is -0.378 e. The molecule has 0 aliphatic carbocycles. The highest BCUT2D eigenvalue weighted by molar-refractivity contribution is 7.21. The highest BCUT2D eigenvalue weighted by atomic mass is 32.1. The van der Waals surface area contributed by atoms with Gasteiger partial charge in [-0.25, -0.2) is 4.98 Å². The second-order valence-corrected chi connectivity index (χ2v) is 7.90. The molecule has 28 heavy (non-hydrogen) atoms. The number of fused-ring (bicyclic) bond motifs is 1. The maximum absolute atomic E-state index is 12.5. The second-order valence-electron chi connectivity index (χ2n) is 6.87. The number of rotatable bonds is 5. The number of aromatic nitrogens is 2. The summed E-state index contributed by atoms with van der Waals surface area (Å²) in [5.74, 6) is 0.632. The number of carbonyl (C=O) groups excluding carboxylic acids is 1. The number of hydrogen-bond acceptors (Lipinski definition) is 6. The van der Waals surface area contributed by atoms with Gasteiger partial charge < -0.3 is 14.6 Å². The van der Waals surface area contributed by atoms with Crippen LogP contribution in [-0.4, -0.2) is 65.6 Å². The van der Waals surface area contributed by atoms with Gasteiger partial charge in [0.2, 0.25) is 5.91 Å². The van der Waals surface area contributed by atoms with Gasteiger partial charge in [0.25, 0.3) is 5.56 Å². The van der Waals surface area contributed by atoms with Crippen molar-refractivity contribution in [1.29, 1.82) is 0 Å². The maximum atomic E-state index is 12.5. The smallest absolute Gasteiger partial charge is 0.259 e. The number of morpholine rings is 1. The van der Waals surface area contributed by atoms with Gasteiger partial charge in [0.15, 0.2) is 0 Å². The number of benzene rings is 1. The number of ether oxygens (including phenoxy) is 1. The fraction of sp³-hybridized carbons (Fsp3) is 0.350. The molecule has 1 amide bonds. The number of likely N-dealkylation sites (N-methyl/N-ethyl adjacent to an activating group) is 1. The van der Waals surface area contributed by atoms with Crippen LogP contribution in [0.1, 0.15) is 5.82 Å². The van der Waals surface area contributed by atoms with E-state index in [9.17, 15) is 9.59 Å². The van der Waals surface area contributed by atoms with Crippen molar-refractivity contribution < 1.29 is 9.53 Å². The number of hydrogen-bond donors (Lipinski definition) is 1. The summed E-state index contributed by atoms with van der Waals surface area (Å²) in [6, 6.07) is 11.8. The van der Waals surface area contributed by atoms with E-state index in [1.54, 1.807) is 0 Å². The molecule has 0 saturated carbocycles. The van der Waals surface area contributed by atoms with Crippen LogP contribution in [0, 0.1) is 0 Å². The Labute approximate surface area is 166 Å². The topological polar surface area (TPSA) is 78.5 Å². The van der Waals surface area contributed by atoms with Crippen LogP contribution in [0.15, 0.2) is 41.2 Å². The zero-order valence-corrected chi connectivity index (χ0v) is 16.5. The van der Waals surface area contributed by atoms with Gasteiger partial charge >= 0.3 is 0 Å². The summed E-state index contributed by atoms with van der Waals surface area (Å²) < 4.78 is 5.28. The third kappa shape index (κ3) is 4.14. The third-order valence-electron chi connectivity index (χ3n) is 4.70. The van der Waals surface area contributed by atoms with Crippen LogP contribution in [0.25, 0.3) is 20.7 Å². The number of nitrogens with zero attached hydrogens (tertiary/aromatic N) is 3. The first-order chi connectivity index (χ1) is 13.6. The standard InChI is InChI=1S/C20H22N4O3S/c1-23(13-18(25)24-7-9-27-10-8-24)12-17-21-19(26)15-11-16(28-20(15)22-17)14-5-3-2-4-6-14/h2-6,11H,7-10,12-13H2,1H3,(H,21,22,26). The molecule has 1 N–H and O–H groups in total. The van der Waals surface area contributed by atoms with E-state index in [1.165, 1.54) is 11.3 Å². The molecule has 0 bridgehead atoms. The molecule has 1 aliphatic rings. The molecular weight excluding hydrogens is 376 g/mol. The van der Waals surface area contributed by atoms with Gasteiger partial charge in [-0.1, -0.05) is 30.3 Å². The van der Waals surface area contributed by atoms with Gasteiger partial charge in [0.1, 0.15) is 10.7 Å². The van der Waals surface area contributed by atoms with Crippen molar-refractivity contribution in [2.75, 3.05) is 39.9 Å². The fourth-order valence-corrected chi connectivity index (χ4v) is 4.31. The van der Waals surface area contributed by atoms with E-state index in [4.69, 9.17) is 4.74 Å². The lowest BCUT2D eigenvalue weighted by Gasteiger charge is -2.28. The lowest BCUT2D eigenvalue weighted by molar-refractivity contribution is -0.136. The number of H-pyrrole nitrogens is 1. The predicted molar refractivity (Wildman–Crippen MR) is 109 cm³/mol. The molecule has 146 valence electrons. The summed E-state index contributed by atoms with van der Waals surface area (Å²) in [5, 5.41) is 0.597. The van der Waals surface area contributed by atoms with Gasteiger partial charge in [0, 0.05) is 18.0 Å². The van der Waals surface area contributed by atoms with Crippen molar-refractivity contribution in [3.8, 4) is 10.4 Å². The second kappa shape index (κ2) is 8.22. The Kier molecular flexibility index (Phi) is 5.52. The predicted octanol–water partition coefficient (Wildman–Crippen LogP) is 1.94. The Morgan fingerprint density at radius 1 is 1.29 bits per heavy atom. The number of amides is 1. The largest absolute Gasteiger partial charge is 0.378 e. The van der Waals surface area contributed by atoms with Crippen LogP contribution in [-0.2, 0) is 16.1 Å². The van der Waals surface area contributed by atoms with Crippen molar-refractivity contribution >= 4 is 27.5 Å². The maximum Gasteiger partial charge on any atom is 0.259 e. The van der Waals surface area contributed by atoms with Crippen LogP contribution in [0.4, 0.5) is 0 Å². The monoisotopic (exact) mass is 398 g/mol. The Hall–Kier alpha value is -2.55. The summed E-state index contributed by atoms with van der Waals surface area (Å²) in [5.41, 5.74) is 0.922. The average Bonchev–Trinajstić information content (AvgIpc) is 3.14. The Morgan fingerprint density at radius 3 is 2.79 bits per heavy atom. The van der Waals surface area contributed by atoms with Crippen molar-refractivity contribution in [2.24, 2.45) is 0 Å². The molecule has 0 atom stereocenters. The molecule has 1 aliphatic heterocycles. The van der Waals surface area contributed by atoms with Gasteiger partial charge in [-0.05, 0) is 18.7 Å². The van der Waals surface area contributed by atoms with E-state index in [-0.39, 0.29) is 18.0 Å². The Morgan fingerprint density at radius 2 is 2.04 bits per heavy atom. The van der Waals surface area contributed by atoms with Crippen LogP contribution < -0.4 is 5.56 Å². The lowest BCUT2D eigenvalue weighted by atomic mass is 10.2. The number of thiophene rings is 1. The molecule has 0 spiro atoms. The first-order valence-electron chi connectivity index (χ1n) is 9.22. The molecular formula is C20H22N4O3S. The van der Waals surface area contributed by atoms with Crippen LogP contribution in [0.3, 0.4) is 0 Å². The number of aromatic amines is 1. The van der Waals surface area contributed by atoms with Crippen LogP contribution in [0.5, 0.6) is 0 Å². The van der Waals surface area contributed by atoms with E-state index in [0.29, 0.717) is 48.9 Å². The Balaban J connectivity index is 1.49. The SMILES string of the molecule is CN(CC(=O)N1CCOCC1)Cc1nc2sc(-c3ccccc3)cc2c(=O)[nH]1. The molecule has 0 radical (unpaired) electrons. The first-order valence-corrected chi connectivity index (χ1v) is 10.0. The van der Waals surface area contributed by atoms with E-state index < -0.39 is 0 Å². The zero-order valence-electron chi connectivity index (χ0n) is 15.7. The molecule has 2 aromatic heterocycles. The van der Waals surface area contributed by atoms with Gasteiger partial charge in [-0.15, -0.1) is 11.3 Å². The van der Waals surface area contributed by atoms with Crippen molar-refractivity contribution in [2.45, 2.75) is 6.54 Å². The third-order valence-corrected chi connectivity index (χ3v) is 5.78. The van der Waals surface area contributed by atoms with E-state index in [0.717, 1.165) is 10.4 Å². The highest BCUT2D eigenvalue weighted by Gasteiger charge is 2.19. The van der Waals surface area contributed by atoms with E-state index >= 15 is 0 Å². The summed E-state index contributed by atoms with van der Waals surface area (Å²) in [6.07, 6.45) is 0. The molecule has 1 fully saturated rings. The summed E-state index contributed by atoms with van der Waals surface area (Å²) in [7, 11) is 1.85. The lowest BCUT2D eigenvalue weighted by Crippen LogP contribution is -2.45.